The van der Waals surface area contributed by atoms with Gasteiger partial charge >= 0.3 is 5.97 Å². The first-order chi connectivity index (χ1) is 14.8. The predicted molar refractivity (Wildman–Crippen MR) is 104 cm³/mol. The van der Waals surface area contributed by atoms with E-state index in [-0.39, 0.29) is 35.9 Å². The number of pyridine rings is 2. The van der Waals surface area contributed by atoms with Crippen LogP contribution in [0.15, 0.2) is 36.7 Å². The van der Waals surface area contributed by atoms with E-state index < -0.39 is 30.2 Å². The van der Waals surface area contributed by atoms with Crippen molar-refractivity contribution in [2.24, 2.45) is 0 Å². The molecule has 3 rings (SSSR count). The largest absolute Gasteiger partial charge is 0.491 e. The van der Waals surface area contributed by atoms with Crippen molar-refractivity contribution >= 4 is 23.2 Å². The van der Waals surface area contributed by atoms with E-state index in [1.54, 1.807) is 6.92 Å². The Labute approximate surface area is 175 Å². The first-order valence-electron chi connectivity index (χ1n) is 9.25. The van der Waals surface area contributed by atoms with Crippen LogP contribution in [-0.4, -0.2) is 46.1 Å². The molecule has 0 aliphatic heterocycles. The molecule has 0 saturated heterocycles. The smallest absolute Gasteiger partial charge is 0.340 e. The van der Waals surface area contributed by atoms with Crippen LogP contribution in [-0.2, 0) is 16.0 Å². The van der Waals surface area contributed by atoms with Crippen molar-refractivity contribution in [2.75, 3.05) is 19.0 Å². The summed E-state index contributed by atoms with van der Waals surface area (Å²) in [6, 6.07) is 5.27. The summed E-state index contributed by atoms with van der Waals surface area (Å²) < 4.78 is 51.0. The molecule has 0 aliphatic carbocycles. The first-order valence-corrected chi connectivity index (χ1v) is 9.25. The number of anilines is 1. The monoisotopic (exact) mass is 436 g/mol. The molecule has 0 fully saturated rings. The highest BCUT2D eigenvalue weighted by molar-refractivity contribution is 6.03. The summed E-state index contributed by atoms with van der Waals surface area (Å²) in [4.78, 5) is 31.7. The SMILES string of the molecule is CCOc1cc2nc(CC(F)C(=O)OC)cn2cc1NC(=O)c1cccc(C(F)F)n1. The van der Waals surface area contributed by atoms with Gasteiger partial charge in [-0.25, -0.2) is 27.9 Å². The van der Waals surface area contributed by atoms with Crippen LogP contribution in [0.25, 0.3) is 5.65 Å². The Hall–Kier alpha value is -3.63. The Morgan fingerprint density at radius 2 is 1.97 bits per heavy atom. The number of esters is 1. The third kappa shape index (κ3) is 5.11. The number of rotatable bonds is 8. The topological polar surface area (TPSA) is 94.8 Å². The second kappa shape index (κ2) is 9.45. The zero-order valence-corrected chi connectivity index (χ0v) is 16.6. The number of alkyl halides is 3. The molecule has 164 valence electrons. The number of nitrogens with zero attached hydrogens (tertiary/aromatic N) is 3. The van der Waals surface area contributed by atoms with Crippen molar-refractivity contribution in [3.8, 4) is 5.75 Å². The van der Waals surface area contributed by atoms with Gasteiger partial charge in [0, 0.05) is 24.9 Å². The Morgan fingerprint density at radius 3 is 2.65 bits per heavy atom. The maximum Gasteiger partial charge on any atom is 0.340 e. The van der Waals surface area contributed by atoms with Crippen LogP contribution in [0.3, 0.4) is 0 Å². The van der Waals surface area contributed by atoms with Gasteiger partial charge in [-0.15, -0.1) is 0 Å². The molecule has 11 heteroatoms. The van der Waals surface area contributed by atoms with Crippen molar-refractivity contribution in [3.63, 3.8) is 0 Å². The number of amides is 1. The van der Waals surface area contributed by atoms with Crippen LogP contribution in [0.1, 0.15) is 35.2 Å². The van der Waals surface area contributed by atoms with Gasteiger partial charge in [0.05, 0.1) is 19.4 Å². The first kappa shape index (κ1) is 22.1. The number of aromatic nitrogens is 3. The maximum atomic E-state index is 13.9. The fraction of sp³-hybridized carbons (Fsp3) is 0.300. The van der Waals surface area contributed by atoms with E-state index in [1.807, 2.05) is 0 Å². The molecule has 1 N–H and O–H groups in total. The van der Waals surface area contributed by atoms with Gasteiger partial charge in [0.25, 0.3) is 12.3 Å². The lowest BCUT2D eigenvalue weighted by molar-refractivity contribution is -0.146. The summed E-state index contributed by atoms with van der Waals surface area (Å²) in [5.41, 5.74) is 0.211. The number of hydrogen-bond donors (Lipinski definition) is 1. The van der Waals surface area contributed by atoms with Gasteiger partial charge in [0.15, 0.2) is 0 Å². The van der Waals surface area contributed by atoms with E-state index in [0.717, 1.165) is 13.2 Å². The maximum absolute atomic E-state index is 13.9. The number of ether oxygens (including phenoxy) is 2. The van der Waals surface area contributed by atoms with Gasteiger partial charge in [-0.1, -0.05) is 6.07 Å². The molecule has 8 nitrogen and oxygen atoms in total. The predicted octanol–water partition coefficient (Wildman–Crippen LogP) is 3.37. The lowest BCUT2D eigenvalue weighted by Crippen LogP contribution is -2.19. The average molecular weight is 436 g/mol. The molecule has 0 aliphatic rings. The van der Waals surface area contributed by atoms with E-state index in [4.69, 9.17) is 4.74 Å². The van der Waals surface area contributed by atoms with Crippen LogP contribution in [0, 0.1) is 0 Å². The summed E-state index contributed by atoms with van der Waals surface area (Å²) in [5, 5.41) is 2.58. The van der Waals surface area contributed by atoms with Crippen LogP contribution in [0.2, 0.25) is 0 Å². The van der Waals surface area contributed by atoms with E-state index in [2.05, 4.69) is 20.0 Å². The number of hydrogen-bond acceptors (Lipinski definition) is 6. The Bertz CT molecular complexity index is 1100. The molecule has 3 aromatic heterocycles. The summed E-state index contributed by atoms with van der Waals surface area (Å²) in [7, 11) is 1.09. The average Bonchev–Trinajstić information content (AvgIpc) is 3.14. The zero-order chi connectivity index (χ0) is 22.5. The molecule has 3 aromatic rings. The van der Waals surface area contributed by atoms with E-state index in [1.165, 1.54) is 35.0 Å². The van der Waals surface area contributed by atoms with Gasteiger partial charge in [0.1, 0.15) is 28.5 Å². The zero-order valence-electron chi connectivity index (χ0n) is 16.6. The van der Waals surface area contributed by atoms with Crippen LogP contribution in [0.4, 0.5) is 18.9 Å². The molecule has 1 atom stereocenters. The summed E-state index contributed by atoms with van der Waals surface area (Å²) in [6.07, 6.45) is -1.99. The number of halogens is 3. The quantitative estimate of drug-likeness (QED) is 0.544. The number of nitrogens with one attached hydrogen (secondary N) is 1. The molecule has 0 aromatic carbocycles. The summed E-state index contributed by atoms with van der Waals surface area (Å²) in [6.45, 7) is 2.02. The van der Waals surface area contributed by atoms with Gasteiger partial charge in [0.2, 0.25) is 6.17 Å². The van der Waals surface area contributed by atoms with E-state index >= 15 is 0 Å². The molecule has 31 heavy (non-hydrogen) atoms. The molecule has 3 heterocycles. The third-order valence-corrected chi connectivity index (χ3v) is 4.22. The van der Waals surface area contributed by atoms with Crippen LogP contribution >= 0.6 is 0 Å². The number of methoxy groups -OCH3 is 1. The van der Waals surface area contributed by atoms with Crippen LogP contribution < -0.4 is 10.1 Å². The summed E-state index contributed by atoms with van der Waals surface area (Å²) >= 11 is 0. The minimum absolute atomic E-state index is 0.190. The minimum atomic E-state index is -2.81. The molecule has 0 saturated carbocycles. The molecular formula is C20H19F3N4O4. The normalized spacial score (nSPS) is 12.1. The highest BCUT2D eigenvalue weighted by Crippen LogP contribution is 2.27. The molecule has 0 radical (unpaired) electrons. The minimum Gasteiger partial charge on any atom is -0.491 e. The molecule has 0 spiro atoms. The van der Waals surface area contributed by atoms with Crippen molar-refractivity contribution in [2.45, 2.75) is 25.9 Å². The second-order valence-electron chi connectivity index (χ2n) is 6.38. The van der Waals surface area contributed by atoms with Gasteiger partial charge in [-0.3, -0.25) is 4.79 Å². The molecule has 1 unspecified atom stereocenters. The highest BCUT2D eigenvalue weighted by atomic mass is 19.3. The fourth-order valence-corrected chi connectivity index (χ4v) is 2.82. The van der Waals surface area contributed by atoms with Crippen molar-refractivity contribution in [1.29, 1.82) is 0 Å². The highest BCUT2D eigenvalue weighted by Gasteiger charge is 2.21. The van der Waals surface area contributed by atoms with Gasteiger partial charge < -0.3 is 19.2 Å². The number of carbonyl (C=O) groups excluding carboxylic acids is 2. The third-order valence-electron chi connectivity index (χ3n) is 4.22. The Morgan fingerprint density at radius 1 is 1.19 bits per heavy atom. The number of carbonyl (C=O) groups is 2. The van der Waals surface area contributed by atoms with Gasteiger partial charge in [-0.2, -0.15) is 0 Å². The van der Waals surface area contributed by atoms with Gasteiger partial charge in [-0.05, 0) is 19.1 Å². The lowest BCUT2D eigenvalue weighted by Gasteiger charge is -2.12. The van der Waals surface area contributed by atoms with Crippen LogP contribution in [0.5, 0.6) is 5.75 Å². The number of fused-ring (bicyclic) bond motifs is 1. The molecular weight excluding hydrogens is 417 g/mol. The Kier molecular flexibility index (Phi) is 6.73. The molecule has 1 amide bonds. The van der Waals surface area contributed by atoms with E-state index in [9.17, 15) is 22.8 Å². The summed E-state index contributed by atoms with van der Waals surface area (Å²) in [5.74, 6) is -1.44. The number of imidazole rings is 1. The van der Waals surface area contributed by atoms with Crippen molar-refractivity contribution < 1.29 is 32.2 Å². The van der Waals surface area contributed by atoms with Crippen molar-refractivity contribution in [1.82, 2.24) is 14.4 Å². The Balaban J connectivity index is 1.89. The molecule has 0 bridgehead atoms. The fourth-order valence-electron chi connectivity index (χ4n) is 2.82. The second-order valence-corrected chi connectivity index (χ2v) is 6.38. The standard InChI is InChI=1S/C20H19F3N4O4/c1-3-31-16-8-17-24-11(7-12(21)20(29)30-2)9-27(17)10-15(16)26-19(28)14-6-4-5-13(25-14)18(22)23/h4-6,8-10,12,18H,3,7H2,1-2H3,(H,26,28). The van der Waals surface area contributed by atoms with E-state index in [0.29, 0.717) is 5.65 Å². The van der Waals surface area contributed by atoms with Crippen molar-refractivity contribution in [3.05, 3.63) is 53.7 Å². The lowest BCUT2D eigenvalue weighted by atomic mass is 10.2.